The van der Waals surface area contributed by atoms with E-state index in [1.807, 2.05) is 0 Å². The van der Waals surface area contributed by atoms with Crippen LogP contribution in [0.15, 0.2) is 16.6 Å². The van der Waals surface area contributed by atoms with Gasteiger partial charge in [0.25, 0.3) is 0 Å². The Morgan fingerprint density at radius 2 is 2.00 bits per heavy atom. The Kier molecular flexibility index (Phi) is 4.77. The topological polar surface area (TPSA) is 81.8 Å². The minimum atomic E-state index is -1.04. The van der Waals surface area contributed by atoms with Crippen LogP contribution in [0.25, 0.3) is 0 Å². The van der Waals surface area contributed by atoms with Crippen LogP contribution < -0.4 is 15.2 Å². The molecule has 0 heterocycles. The minimum Gasteiger partial charge on any atom is -0.496 e. The summed E-state index contributed by atoms with van der Waals surface area (Å²) in [6, 6.07) is 2.48. The maximum atomic E-state index is 10.7. The van der Waals surface area contributed by atoms with E-state index in [0.717, 1.165) is 10.0 Å². The van der Waals surface area contributed by atoms with E-state index in [9.17, 15) is 4.79 Å². The molecule has 3 N–H and O–H groups in total. The highest BCUT2D eigenvalue weighted by Crippen LogP contribution is 2.33. The zero-order valence-electron chi connectivity index (χ0n) is 9.57. The van der Waals surface area contributed by atoms with Gasteiger partial charge in [-0.05, 0) is 27.6 Å². The quantitative estimate of drug-likeness (QED) is 0.860. The Morgan fingerprint density at radius 1 is 1.41 bits per heavy atom. The van der Waals surface area contributed by atoms with Crippen molar-refractivity contribution in [2.45, 2.75) is 12.5 Å². The Balaban J connectivity index is 3.06. The molecule has 5 nitrogen and oxygen atoms in total. The van der Waals surface area contributed by atoms with Crippen molar-refractivity contribution < 1.29 is 19.4 Å². The SMILES string of the molecule is COc1cc(OC)c(CC(N)C(=O)O)cc1Br. The lowest BCUT2D eigenvalue weighted by Crippen LogP contribution is -2.32. The van der Waals surface area contributed by atoms with Crippen molar-refractivity contribution in [2.24, 2.45) is 5.73 Å². The third-order valence-electron chi connectivity index (χ3n) is 2.31. The van der Waals surface area contributed by atoms with Crippen LogP contribution in [0.4, 0.5) is 0 Å². The molecular weight excluding hydrogens is 290 g/mol. The lowest BCUT2D eigenvalue weighted by molar-refractivity contribution is -0.138. The smallest absolute Gasteiger partial charge is 0.320 e. The number of carboxylic acid groups (broad SMARTS) is 1. The number of rotatable bonds is 5. The molecule has 0 fully saturated rings. The van der Waals surface area contributed by atoms with Crippen LogP contribution in [0.1, 0.15) is 5.56 Å². The number of benzene rings is 1. The van der Waals surface area contributed by atoms with Crippen LogP contribution in [0.5, 0.6) is 11.5 Å². The molecule has 1 rings (SSSR count). The maximum absolute atomic E-state index is 10.7. The molecular formula is C11H14BrNO4. The summed E-state index contributed by atoms with van der Waals surface area (Å²) in [7, 11) is 3.06. The summed E-state index contributed by atoms with van der Waals surface area (Å²) in [5.41, 5.74) is 6.21. The molecule has 0 aromatic heterocycles. The van der Waals surface area contributed by atoms with E-state index in [2.05, 4.69) is 15.9 Å². The molecule has 94 valence electrons. The molecule has 1 atom stereocenters. The molecule has 0 radical (unpaired) electrons. The lowest BCUT2D eigenvalue weighted by Gasteiger charge is -2.13. The molecule has 0 aliphatic carbocycles. The minimum absolute atomic E-state index is 0.196. The van der Waals surface area contributed by atoms with E-state index >= 15 is 0 Å². The van der Waals surface area contributed by atoms with Crippen molar-refractivity contribution in [3.8, 4) is 11.5 Å². The molecule has 0 saturated heterocycles. The van der Waals surface area contributed by atoms with Gasteiger partial charge in [-0.3, -0.25) is 4.79 Å². The first kappa shape index (κ1) is 13.8. The van der Waals surface area contributed by atoms with Gasteiger partial charge in [0.15, 0.2) is 0 Å². The molecule has 1 aromatic rings. The normalized spacial score (nSPS) is 12.0. The van der Waals surface area contributed by atoms with Gasteiger partial charge in [-0.25, -0.2) is 0 Å². The van der Waals surface area contributed by atoms with Crippen molar-refractivity contribution in [2.75, 3.05) is 14.2 Å². The summed E-state index contributed by atoms with van der Waals surface area (Å²) in [6.07, 6.45) is 0.196. The van der Waals surface area contributed by atoms with Crippen LogP contribution >= 0.6 is 15.9 Å². The predicted molar refractivity (Wildman–Crippen MR) is 66.6 cm³/mol. The highest BCUT2D eigenvalue weighted by atomic mass is 79.9. The van der Waals surface area contributed by atoms with Crippen LogP contribution in [0.2, 0.25) is 0 Å². The molecule has 0 bridgehead atoms. The van der Waals surface area contributed by atoms with Crippen molar-refractivity contribution in [3.63, 3.8) is 0 Å². The summed E-state index contributed by atoms with van der Waals surface area (Å²) >= 11 is 3.33. The van der Waals surface area contributed by atoms with E-state index in [-0.39, 0.29) is 6.42 Å². The Labute approximate surface area is 108 Å². The maximum Gasteiger partial charge on any atom is 0.320 e. The van der Waals surface area contributed by atoms with Crippen molar-refractivity contribution in [3.05, 3.63) is 22.2 Å². The lowest BCUT2D eigenvalue weighted by atomic mass is 10.1. The molecule has 1 unspecified atom stereocenters. The molecule has 6 heteroatoms. The third kappa shape index (κ3) is 3.34. The molecule has 17 heavy (non-hydrogen) atoms. The van der Waals surface area contributed by atoms with Crippen LogP contribution in [-0.4, -0.2) is 31.3 Å². The zero-order valence-corrected chi connectivity index (χ0v) is 11.2. The molecule has 0 aliphatic rings. The Hall–Kier alpha value is -1.27. The number of halogens is 1. The number of methoxy groups -OCH3 is 2. The predicted octanol–water partition coefficient (Wildman–Crippen LogP) is 1.42. The van der Waals surface area contributed by atoms with Crippen molar-refractivity contribution in [1.82, 2.24) is 0 Å². The van der Waals surface area contributed by atoms with Gasteiger partial charge in [-0.2, -0.15) is 0 Å². The van der Waals surface area contributed by atoms with Crippen LogP contribution in [-0.2, 0) is 11.2 Å². The average Bonchev–Trinajstić information content (AvgIpc) is 2.29. The summed E-state index contributed by atoms with van der Waals surface area (Å²) in [4.78, 5) is 10.7. The van der Waals surface area contributed by atoms with E-state index in [1.165, 1.54) is 7.11 Å². The van der Waals surface area contributed by atoms with Gasteiger partial charge in [0, 0.05) is 12.5 Å². The molecule has 0 amide bonds. The number of carbonyl (C=O) groups is 1. The summed E-state index contributed by atoms with van der Waals surface area (Å²) in [6.45, 7) is 0. The average molecular weight is 304 g/mol. The fourth-order valence-electron chi connectivity index (χ4n) is 1.41. The van der Waals surface area contributed by atoms with Crippen LogP contribution in [0.3, 0.4) is 0 Å². The standard InChI is InChI=1S/C11H14BrNO4/c1-16-9-5-10(17-2)7(12)3-6(9)4-8(13)11(14)15/h3,5,8H,4,13H2,1-2H3,(H,14,15). The summed E-state index contributed by atoms with van der Waals surface area (Å²) in [5.74, 6) is 0.134. The molecule has 0 spiro atoms. The largest absolute Gasteiger partial charge is 0.496 e. The number of hydrogen-bond donors (Lipinski definition) is 2. The number of aliphatic carboxylic acids is 1. The second kappa shape index (κ2) is 5.88. The highest BCUT2D eigenvalue weighted by Gasteiger charge is 2.17. The second-order valence-electron chi connectivity index (χ2n) is 3.45. The summed E-state index contributed by atoms with van der Waals surface area (Å²) in [5, 5.41) is 8.77. The van der Waals surface area contributed by atoms with Crippen molar-refractivity contribution >= 4 is 21.9 Å². The molecule has 1 aromatic carbocycles. The number of hydrogen-bond acceptors (Lipinski definition) is 4. The third-order valence-corrected chi connectivity index (χ3v) is 2.93. The van der Waals surface area contributed by atoms with Crippen LogP contribution in [0, 0.1) is 0 Å². The highest BCUT2D eigenvalue weighted by molar-refractivity contribution is 9.10. The van der Waals surface area contributed by atoms with Crippen molar-refractivity contribution in [1.29, 1.82) is 0 Å². The first-order chi connectivity index (χ1) is 7.99. The first-order valence-electron chi connectivity index (χ1n) is 4.88. The second-order valence-corrected chi connectivity index (χ2v) is 4.30. The zero-order chi connectivity index (χ0) is 13.0. The number of ether oxygens (including phenoxy) is 2. The summed E-state index contributed by atoms with van der Waals surface area (Å²) < 4.78 is 11.0. The fraction of sp³-hybridized carbons (Fsp3) is 0.364. The van der Waals surface area contributed by atoms with Gasteiger partial charge < -0.3 is 20.3 Å². The molecule has 0 saturated carbocycles. The van der Waals surface area contributed by atoms with Gasteiger partial charge in [0.05, 0.1) is 18.7 Å². The van der Waals surface area contributed by atoms with E-state index in [4.69, 9.17) is 20.3 Å². The van der Waals surface area contributed by atoms with Gasteiger partial charge in [-0.15, -0.1) is 0 Å². The Morgan fingerprint density at radius 3 is 2.47 bits per heavy atom. The monoisotopic (exact) mass is 303 g/mol. The van der Waals surface area contributed by atoms with E-state index < -0.39 is 12.0 Å². The van der Waals surface area contributed by atoms with Gasteiger partial charge in [-0.1, -0.05) is 0 Å². The fourth-order valence-corrected chi connectivity index (χ4v) is 1.96. The first-order valence-corrected chi connectivity index (χ1v) is 5.67. The Bertz CT molecular complexity index is 422. The van der Waals surface area contributed by atoms with Gasteiger partial charge >= 0.3 is 5.97 Å². The molecule has 0 aliphatic heterocycles. The number of nitrogens with two attached hydrogens (primary N) is 1. The van der Waals surface area contributed by atoms with Gasteiger partial charge in [0.1, 0.15) is 17.5 Å². The van der Waals surface area contributed by atoms with E-state index in [0.29, 0.717) is 11.5 Å². The van der Waals surface area contributed by atoms with Gasteiger partial charge in [0.2, 0.25) is 0 Å². The van der Waals surface area contributed by atoms with E-state index in [1.54, 1.807) is 19.2 Å². The number of carboxylic acids is 1.